The van der Waals surface area contributed by atoms with Crippen LogP contribution in [0.15, 0.2) is 0 Å². The van der Waals surface area contributed by atoms with Gasteiger partial charge in [0.05, 0.1) is 5.75 Å². The average molecular weight is 190 g/mol. The minimum atomic E-state index is -0.887. The van der Waals surface area contributed by atoms with Gasteiger partial charge in [-0.3, -0.25) is 4.79 Å². The van der Waals surface area contributed by atoms with Crippen molar-refractivity contribution in [3.05, 3.63) is 0 Å². The number of hydrogen-bond acceptors (Lipinski definition) is 4. The number of thioether (sulfide) groups is 1. The van der Waals surface area contributed by atoms with Gasteiger partial charge in [0.25, 0.3) is 0 Å². The third-order valence-corrected chi connectivity index (χ3v) is 1.65. The Bertz CT molecular complexity index is 102. The molecule has 0 aromatic rings. The van der Waals surface area contributed by atoms with Crippen molar-refractivity contribution in [3.63, 3.8) is 0 Å². The van der Waals surface area contributed by atoms with E-state index < -0.39 is 5.97 Å². The molecular formula is C3H3NaO2S3. The van der Waals surface area contributed by atoms with E-state index in [4.69, 9.17) is 5.11 Å². The first-order valence-electron chi connectivity index (χ1n) is 1.68. The third-order valence-electron chi connectivity index (χ3n) is 0.313. The molecule has 0 aliphatic rings. The number of hydrogen-bond donors (Lipinski definition) is 1. The van der Waals surface area contributed by atoms with Crippen LogP contribution in [0.5, 0.6) is 0 Å². The zero-order valence-electron chi connectivity index (χ0n) is 4.79. The molecule has 0 radical (unpaired) electrons. The van der Waals surface area contributed by atoms with Crippen LogP contribution in [0, 0.1) is 0 Å². The van der Waals surface area contributed by atoms with E-state index >= 15 is 0 Å². The predicted molar refractivity (Wildman–Crippen MR) is 40.1 cm³/mol. The summed E-state index contributed by atoms with van der Waals surface area (Å²) in [4.78, 5) is 9.78. The second-order valence-corrected chi connectivity index (χ2v) is 3.51. The van der Waals surface area contributed by atoms with Crippen LogP contribution in [0.25, 0.3) is 0 Å². The van der Waals surface area contributed by atoms with Gasteiger partial charge in [0, 0.05) is 0 Å². The number of carboxylic acids is 1. The van der Waals surface area contributed by atoms with E-state index in [0.717, 1.165) is 11.8 Å². The van der Waals surface area contributed by atoms with Crippen molar-refractivity contribution < 1.29 is 39.5 Å². The van der Waals surface area contributed by atoms with Crippen LogP contribution < -0.4 is 29.6 Å². The van der Waals surface area contributed by atoms with Crippen molar-refractivity contribution in [2.24, 2.45) is 0 Å². The Morgan fingerprint density at radius 2 is 2.22 bits per heavy atom. The zero-order chi connectivity index (χ0) is 6.57. The van der Waals surface area contributed by atoms with Gasteiger partial charge in [0.1, 0.15) is 0 Å². The Morgan fingerprint density at radius 3 is 2.33 bits per heavy atom. The van der Waals surface area contributed by atoms with E-state index in [1.807, 2.05) is 0 Å². The molecule has 0 spiro atoms. The maximum absolute atomic E-state index is 9.78. The van der Waals surface area contributed by atoms with Crippen LogP contribution in [-0.2, 0) is 17.4 Å². The number of carbonyl (C=O) groups is 1. The van der Waals surface area contributed by atoms with Crippen LogP contribution >= 0.6 is 24.0 Å². The monoisotopic (exact) mass is 190 g/mol. The number of carboxylic acid groups (broad SMARTS) is 1. The van der Waals surface area contributed by atoms with Gasteiger partial charge < -0.3 is 30.0 Å². The molecule has 1 N–H and O–H groups in total. The van der Waals surface area contributed by atoms with E-state index in [2.05, 4.69) is 24.8 Å². The zero-order valence-corrected chi connectivity index (χ0v) is 9.24. The van der Waals surface area contributed by atoms with Gasteiger partial charge in [0.15, 0.2) is 0 Å². The molecule has 0 aliphatic carbocycles. The first-order chi connectivity index (χ1) is 3.63. The Kier molecular flexibility index (Phi) is 10.3. The first kappa shape index (κ1) is 12.8. The van der Waals surface area contributed by atoms with E-state index in [-0.39, 0.29) is 38.8 Å². The molecule has 0 heterocycles. The van der Waals surface area contributed by atoms with Crippen LogP contribution in [0.2, 0.25) is 0 Å². The molecule has 46 valence electrons. The topological polar surface area (TPSA) is 37.3 Å². The molecule has 0 aliphatic heterocycles. The summed E-state index contributed by atoms with van der Waals surface area (Å²) in [5.41, 5.74) is 0. The Hall–Kier alpha value is 1.13. The predicted octanol–water partition coefficient (Wildman–Crippen LogP) is -2.36. The summed E-state index contributed by atoms with van der Waals surface area (Å²) >= 11 is 9.84. The Labute approximate surface area is 90.5 Å². The van der Waals surface area contributed by atoms with Gasteiger partial charge in [-0.1, -0.05) is 3.53 Å². The molecule has 0 bridgehead atoms. The van der Waals surface area contributed by atoms with Gasteiger partial charge >= 0.3 is 35.5 Å². The van der Waals surface area contributed by atoms with Crippen molar-refractivity contribution >= 4 is 46.1 Å². The second kappa shape index (κ2) is 7.24. The molecular weight excluding hydrogens is 187 g/mol. The quantitative estimate of drug-likeness (QED) is 0.299. The molecule has 0 aromatic carbocycles. The fraction of sp³-hybridized carbons (Fsp3) is 0.333. The van der Waals surface area contributed by atoms with Gasteiger partial charge in [-0.25, -0.2) is 0 Å². The minimum Gasteiger partial charge on any atom is -0.481 e. The SMILES string of the molecule is O=C(O)CSC(=S)[S-].[Na+]. The maximum Gasteiger partial charge on any atom is 1.00 e. The fourth-order valence-corrected chi connectivity index (χ4v) is 0.716. The average Bonchev–Trinajstić information content (AvgIpc) is 1.61. The normalized spacial score (nSPS) is 7.56. The van der Waals surface area contributed by atoms with E-state index in [0.29, 0.717) is 0 Å². The van der Waals surface area contributed by atoms with Crippen molar-refractivity contribution in [3.8, 4) is 0 Å². The van der Waals surface area contributed by atoms with E-state index in [1.54, 1.807) is 0 Å². The summed E-state index contributed by atoms with van der Waals surface area (Å²) in [6.07, 6.45) is 0. The second-order valence-electron chi connectivity index (χ2n) is 0.932. The molecule has 0 fully saturated rings. The summed E-state index contributed by atoms with van der Waals surface area (Å²) < 4.78 is 0.257. The summed E-state index contributed by atoms with van der Waals surface area (Å²) in [6.45, 7) is 0. The molecule has 0 amide bonds. The van der Waals surface area contributed by atoms with Crippen LogP contribution in [0.1, 0.15) is 0 Å². The molecule has 0 rings (SSSR count). The van der Waals surface area contributed by atoms with Crippen LogP contribution in [-0.4, -0.2) is 20.4 Å². The first-order valence-corrected chi connectivity index (χ1v) is 3.48. The van der Waals surface area contributed by atoms with Gasteiger partial charge in [-0.15, -0.1) is 11.8 Å². The molecule has 0 unspecified atom stereocenters. The molecule has 2 nitrogen and oxygen atoms in total. The van der Waals surface area contributed by atoms with Gasteiger partial charge in [-0.05, 0) is 0 Å². The number of aliphatic carboxylic acids is 1. The van der Waals surface area contributed by atoms with Crippen molar-refractivity contribution in [1.82, 2.24) is 0 Å². The smallest absolute Gasteiger partial charge is 0.481 e. The van der Waals surface area contributed by atoms with Gasteiger partial charge in [0.2, 0.25) is 0 Å². The number of rotatable bonds is 2. The maximum atomic E-state index is 9.78. The Morgan fingerprint density at radius 1 is 1.78 bits per heavy atom. The summed E-state index contributed by atoms with van der Waals surface area (Å²) in [6, 6.07) is 0. The fourth-order valence-electron chi connectivity index (χ4n) is 0.121. The number of thiocarbonyl (C=S) groups is 1. The standard InChI is InChI=1S/C3H4O2S3.Na/c4-2(5)1-8-3(6)7;/h1H2,(H,4,5)(H,6,7);/q;+1/p-1. The van der Waals surface area contributed by atoms with Crippen molar-refractivity contribution in [2.45, 2.75) is 0 Å². The Balaban J connectivity index is 0. The van der Waals surface area contributed by atoms with Crippen LogP contribution in [0.3, 0.4) is 0 Å². The summed E-state index contributed by atoms with van der Waals surface area (Å²) in [7, 11) is 0. The molecule has 0 aromatic heterocycles. The van der Waals surface area contributed by atoms with E-state index in [1.165, 1.54) is 0 Å². The molecule has 6 heteroatoms. The third kappa shape index (κ3) is 12.4. The minimum absolute atomic E-state index is 0. The van der Waals surface area contributed by atoms with Crippen LogP contribution in [0.4, 0.5) is 0 Å². The summed E-state index contributed by atoms with van der Waals surface area (Å²) in [5, 5.41) is 8.04. The van der Waals surface area contributed by atoms with Crippen molar-refractivity contribution in [1.29, 1.82) is 0 Å². The van der Waals surface area contributed by atoms with E-state index in [9.17, 15) is 4.79 Å². The largest absolute Gasteiger partial charge is 1.00 e. The molecule has 0 atom stereocenters. The molecule has 0 saturated heterocycles. The molecule has 0 saturated carbocycles. The van der Waals surface area contributed by atoms with Gasteiger partial charge in [-0.2, -0.15) is 0 Å². The van der Waals surface area contributed by atoms with Crippen molar-refractivity contribution in [2.75, 3.05) is 5.75 Å². The molecule has 9 heavy (non-hydrogen) atoms. The summed E-state index contributed by atoms with van der Waals surface area (Å²) in [5.74, 6) is -0.912.